The first-order chi connectivity index (χ1) is 10.4. The van der Waals surface area contributed by atoms with Crippen LogP contribution < -0.4 is 0 Å². The topological polar surface area (TPSA) is 57.8 Å². The van der Waals surface area contributed by atoms with E-state index in [0.29, 0.717) is 12.2 Å². The molecule has 6 heteroatoms. The van der Waals surface area contributed by atoms with Gasteiger partial charge in [0.05, 0.1) is 17.2 Å². The highest BCUT2D eigenvalue weighted by molar-refractivity contribution is 7.98. The Morgan fingerprint density at radius 1 is 1.45 bits per heavy atom. The monoisotopic (exact) mass is 319 g/mol. The standard InChI is InChI=1S/C16H21N3O2S/c1-16(2,21)12-8-6-10-19(12)14(20)13-11-7-4-5-9-18(11)15(17-13)22-3/h4-5,7,9,12,21H,6,8,10H2,1-3H3. The van der Waals surface area contributed by atoms with Crippen molar-refractivity contribution in [3.63, 3.8) is 0 Å². The number of thioether (sulfide) groups is 1. The number of imidazole rings is 1. The number of hydrogen-bond acceptors (Lipinski definition) is 4. The molecule has 0 bridgehead atoms. The van der Waals surface area contributed by atoms with Crippen LogP contribution in [0.4, 0.5) is 0 Å². The van der Waals surface area contributed by atoms with Crippen molar-refractivity contribution in [3.05, 3.63) is 30.1 Å². The maximum atomic E-state index is 13.0. The number of carbonyl (C=O) groups excluding carboxylic acids is 1. The van der Waals surface area contributed by atoms with Gasteiger partial charge in [0.1, 0.15) is 0 Å². The van der Waals surface area contributed by atoms with E-state index in [1.54, 1.807) is 18.7 Å². The zero-order valence-electron chi connectivity index (χ0n) is 13.1. The van der Waals surface area contributed by atoms with E-state index >= 15 is 0 Å². The minimum absolute atomic E-state index is 0.0892. The molecule has 3 heterocycles. The molecular formula is C16H21N3O2S. The maximum Gasteiger partial charge on any atom is 0.275 e. The number of hydrogen-bond donors (Lipinski definition) is 1. The molecule has 1 aliphatic rings. The van der Waals surface area contributed by atoms with Gasteiger partial charge in [-0.25, -0.2) is 4.98 Å². The number of fused-ring (bicyclic) bond motifs is 1. The minimum atomic E-state index is -0.899. The first kappa shape index (κ1) is 15.4. The highest BCUT2D eigenvalue weighted by atomic mass is 32.2. The minimum Gasteiger partial charge on any atom is -0.388 e. The smallest absolute Gasteiger partial charge is 0.275 e. The van der Waals surface area contributed by atoms with E-state index < -0.39 is 5.60 Å². The van der Waals surface area contributed by atoms with Crippen molar-refractivity contribution in [3.8, 4) is 0 Å². The van der Waals surface area contributed by atoms with Crippen LogP contribution in [-0.4, -0.2) is 49.7 Å². The van der Waals surface area contributed by atoms with E-state index in [4.69, 9.17) is 0 Å². The SMILES string of the molecule is CSc1nc(C(=O)N2CCCC2C(C)(C)O)c2ccccn12. The van der Waals surface area contributed by atoms with Crippen molar-refractivity contribution >= 4 is 23.2 Å². The van der Waals surface area contributed by atoms with Gasteiger partial charge in [-0.3, -0.25) is 9.20 Å². The van der Waals surface area contributed by atoms with E-state index in [1.807, 2.05) is 35.1 Å². The van der Waals surface area contributed by atoms with Gasteiger partial charge < -0.3 is 10.0 Å². The third kappa shape index (κ3) is 2.50. The molecule has 3 rings (SSSR count). The Balaban J connectivity index is 2.02. The average Bonchev–Trinajstić information content (AvgIpc) is 3.11. The summed E-state index contributed by atoms with van der Waals surface area (Å²) >= 11 is 1.52. The van der Waals surface area contributed by atoms with E-state index in [0.717, 1.165) is 23.5 Å². The van der Waals surface area contributed by atoms with Gasteiger partial charge in [-0.2, -0.15) is 0 Å². The number of carbonyl (C=O) groups is 1. The van der Waals surface area contributed by atoms with E-state index in [9.17, 15) is 9.90 Å². The quantitative estimate of drug-likeness (QED) is 0.883. The molecule has 0 spiro atoms. The zero-order valence-corrected chi connectivity index (χ0v) is 13.9. The van der Waals surface area contributed by atoms with E-state index in [1.165, 1.54) is 11.8 Å². The van der Waals surface area contributed by atoms with Crippen molar-refractivity contribution < 1.29 is 9.90 Å². The Labute approximate surface area is 134 Å². The van der Waals surface area contributed by atoms with Crippen LogP contribution in [0, 0.1) is 0 Å². The number of likely N-dealkylation sites (tertiary alicyclic amines) is 1. The Morgan fingerprint density at radius 3 is 2.91 bits per heavy atom. The Morgan fingerprint density at radius 2 is 2.23 bits per heavy atom. The van der Waals surface area contributed by atoms with Crippen molar-refractivity contribution in [2.24, 2.45) is 0 Å². The second kappa shape index (κ2) is 5.59. The first-order valence-electron chi connectivity index (χ1n) is 7.48. The summed E-state index contributed by atoms with van der Waals surface area (Å²) < 4.78 is 1.94. The number of aromatic nitrogens is 2. The molecule has 1 saturated heterocycles. The van der Waals surface area contributed by atoms with E-state index in [-0.39, 0.29) is 11.9 Å². The third-order valence-corrected chi connectivity index (χ3v) is 4.88. The Bertz CT molecular complexity index is 705. The van der Waals surface area contributed by atoms with Gasteiger partial charge in [-0.15, -0.1) is 0 Å². The molecule has 118 valence electrons. The Kier molecular flexibility index (Phi) is 3.91. The molecule has 0 aliphatic carbocycles. The highest BCUT2D eigenvalue weighted by Crippen LogP contribution is 2.29. The number of pyridine rings is 1. The van der Waals surface area contributed by atoms with Gasteiger partial charge in [0.15, 0.2) is 10.9 Å². The molecule has 2 aromatic heterocycles. The lowest BCUT2D eigenvalue weighted by molar-refractivity contribution is 0.000198. The highest BCUT2D eigenvalue weighted by Gasteiger charge is 2.39. The average molecular weight is 319 g/mol. The second-order valence-electron chi connectivity index (χ2n) is 6.21. The predicted molar refractivity (Wildman–Crippen MR) is 87.3 cm³/mol. The molecule has 0 aromatic carbocycles. The van der Waals surface area contributed by atoms with Crippen LogP contribution in [0.5, 0.6) is 0 Å². The van der Waals surface area contributed by atoms with Crippen LogP contribution in [0.3, 0.4) is 0 Å². The lowest BCUT2D eigenvalue weighted by Crippen LogP contribution is -2.48. The number of aliphatic hydroxyl groups is 1. The lowest BCUT2D eigenvalue weighted by atomic mass is 9.96. The summed E-state index contributed by atoms with van der Waals surface area (Å²) in [5.41, 5.74) is 0.392. The van der Waals surface area contributed by atoms with Crippen LogP contribution >= 0.6 is 11.8 Å². The summed E-state index contributed by atoms with van der Waals surface area (Å²) in [6.45, 7) is 4.21. The van der Waals surface area contributed by atoms with Crippen molar-refractivity contribution in [1.29, 1.82) is 0 Å². The predicted octanol–water partition coefficient (Wildman–Crippen LogP) is 2.43. The molecule has 5 nitrogen and oxygen atoms in total. The fourth-order valence-electron chi connectivity index (χ4n) is 3.19. The van der Waals surface area contributed by atoms with Gasteiger partial charge in [0.25, 0.3) is 5.91 Å². The third-order valence-electron chi connectivity index (χ3n) is 4.23. The number of rotatable bonds is 3. The summed E-state index contributed by atoms with van der Waals surface area (Å²) in [6.07, 6.45) is 5.62. The first-order valence-corrected chi connectivity index (χ1v) is 8.70. The van der Waals surface area contributed by atoms with Gasteiger partial charge in [-0.1, -0.05) is 17.8 Å². The summed E-state index contributed by atoms with van der Waals surface area (Å²) in [6, 6.07) is 5.60. The molecular weight excluding hydrogens is 298 g/mol. The molecule has 22 heavy (non-hydrogen) atoms. The molecule has 1 amide bonds. The molecule has 1 aliphatic heterocycles. The van der Waals surface area contributed by atoms with Crippen molar-refractivity contribution in [2.45, 2.75) is 43.5 Å². The zero-order chi connectivity index (χ0) is 15.9. The van der Waals surface area contributed by atoms with Crippen LogP contribution in [0.15, 0.2) is 29.6 Å². The van der Waals surface area contributed by atoms with Crippen molar-refractivity contribution in [1.82, 2.24) is 14.3 Å². The lowest BCUT2D eigenvalue weighted by Gasteiger charge is -2.33. The summed E-state index contributed by atoms with van der Waals surface area (Å²) in [5.74, 6) is -0.0892. The van der Waals surface area contributed by atoms with Gasteiger partial charge >= 0.3 is 0 Å². The van der Waals surface area contributed by atoms with E-state index in [2.05, 4.69) is 4.98 Å². The molecule has 2 aromatic rings. The van der Waals surface area contributed by atoms with Gasteiger partial charge in [0, 0.05) is 12.7 Å². The normalized spacial score (nSPS) is 19.1. The molecule has 1 fully saturated rings. The molecule has 1 N–H and O–H groups in total. The van der Waals surface area contributed by atoms with Crippen molar-refractivity contribution in [2.75, 3.05) is 12.8 Å². The molecule has 0 saturated carbocycles. The summed E-state index contributed by atoms with van der Waals surface area (Å²) in [5, 5.41) is 11.1. The fourth-order valence-corrected chi connectivity index (χ4v) is 3.73. The molecule has 1 atom stereocenters. The maximum absolute atomic E-state index is 13.0. The fraction of sp³-hybridized carbons (Fsp3) is 0.500. The Hall–Kier alpha value is -1.53. The summed E-state index contributed by atoms with van der Waals surface area (Å²) in [4.78, 5) is 19.3. The largest absolute Gasteiger partial charge is 0.388 e. The van der Waals surface area contributed by atoms with Crippen LogP contribution in [-0.2, 0) is 0 Å². The molecule has 1 unspecified atom stereocenters. The number of nitrogens with zero attached hydrogens (tertiary/aromatic N) is 3. The second-order valence-corrected chi connectivity index (χ2v) is 6.99. The van der Waals surface area contributed by atoms with Crippen LogP contribution in [0.2, 0.25) is 0 Å². The van der Waals surface area contributed by atoms with Crippen LogP contribution in [0.25, 0.3) is 5.52 Å². The van der Waals surface area contributed by atoms with Gasteiger partial charge in [-0.05, 0) is 45.1 Å². The van der Waals surface area contributed by atoms with Crippen LogP contribution in [0.1, 0.15) is 37.2 Å². The van der Waals surface area contributed by atoms with Gasteiger partial charge in [0.2, 0.25) is 0 Å². The summed E-state index contributed by atoms with van der Waals surface area (Å²) in [7, 11) is 0. The number of amides is 1. The molecule has 0 radical (unpaired) electrons.